The van der Waals surface area contributed by atoms with E-state index in [9.17, 15) is 0 Å². The van der Waals surface area contributed by atoms with Gasteiger partial charge < -0.3 is 5.32 Å². The molecule has 13 heavy (non-hydrogen) atoms. The Labute approximate surface area is 87.9 Å². The number of nitrogens with zero attached hydrogens (tertiary/aromatic N) is 1. The highest BCUT2D eigenvalue weighted by Gasteiger charge is 1.93. The fourth-order valence-corrected chi connectivity index (χ4v) is 1.31. The number of pyridine rings is 1. The molecule has 72 valence electrons. The van der Waals surface area contributed by atoms with Crippen LogP contribution in [-0.4, -0.2) is 18.1 Å². The second kappa shape index (κ2) is 6.11. The topological polar surface area (TPSA) is 24.9 Å². The Balaban J connectivity index is 2.25. The minimum atomic E-state index is 1.01. The van der Waals surface area contributed by atoms with E-state index in [-0.39, 0.29) is 0 Å². The average molecular weight is 243 g/mol. The molecule has 0 amide bonds. The highest BCUT2D eigenvalue weighted by molar-refractivity contribution is 9.10. The largest absolute Gasteiger partial charge is 0.316 e. The number of nitrogens with one attached hydrogen (secondary N) is 1. The minimum absolute atomic E-state index is 1.01. The molecule has 1 aromatic heterocycles. The zero-order chi connectivity index (χ0) is 9.52. The molecular weight excluding hydrogens is 228 g/mol. The van der Waals surface area contributed by atoms with Crippen molar-refractivity contribution in [3.63, 3.8) is 0 Å². The summed E-state index contributed by atoms with van der Waals surface area (Å²) in [5, 5.41) is 3.35. The van der Waals surface area contributed by atoms with Crippen molar-refractivity contribution in [2.45, 2.75) is 19.8 Å². The summed E-state index contributed by atoms with van der Waals surface area (Å²) in [6, 6.07) is 4.08. The molecule has 0 saturated carbocycles. The van der Waals surface area contributed by atoms with Gasteiger partial charge >= 0.3 is 0 Å². The first-order chi connectivity index (χ1) is 6.33. The summed E-state index contributed by atoms with van der Waals surface area (Å²) in [6.45, 7) is 4.28. The van der Waals surface area contributed by atoms with Crippen molar-refractivity contribution in [1.82, 2.24) is 10.3 Å². The summed E-state index contributed by atoms with van der Waals surface area (Å²) in [7, 11) is 0. The van der Waals surface area contributed by atoms with E-state index in [0.29, 0.717) is 0 Å². The Morgan fingerprint density at radius 3 is 2.85 bits per heavy atom. The quantitative estimate of drug-likeness (QED) is 0.803. The van der Waals surface area contributed by atoms with Gasteiger partial charge in [-0.15, -0.1) is 0 Å². The lowest BCUT2D eigenvalue weighted by Gasteiger charge is -2.02. The molecule has 0 atom stereocenters. The van der Waals surface area contributed by atoms with Crippen LogP contribution in [0.5, 0.6) is 0 Å². The van der Waals surface area contributed by atoms with Crippen molar-refractivity contribution in [3.05, 3.63) is 28.5 Å². The van der Waals surface area contributed by atoms with E-state index in [2.05, 4.69) is 39.2 Å². The maximum absolute atomic E-state index is 4.29. The van der Waals surface area contributed by atoms with Gasteiger partial charge in [-0.3, -0.25) is 4.98 Å². The van der Waals surface area contributed by atoms with Gasteiger partial charge in [0.25, 0.3) is 0 Å². The first kappa shape index (κ1) is 10.7. The highest BCUT2D eigenvalue weighted by atomic mass is 79.9. The van der Waals surface area contributed by atoms with Crippen LogP contribution < -0.4 is 5.32 Å². The molecule has 0 saturated heterocycles. The number of aromatic nitrogens is 1. The highest BCUT2D eigenvalue weighted by Crippen LogP contribution is 2.07. The molecule has 1 heterocycles. The molecule has 1 rings (SSSR count). The van der Waals surface area contributed by atoms with Gasteiger partial charge in [0.05, 0.1) is 0 Å². The van der Waals surface area contributed by atoms with E-state index in [4.69, 9.17) is 0 Å². The standard InChI is InChI=1S/C10H15BrN2/c1-2-6-12-7-5-10-4-3-9(11)8-13-10/h3-4,8,12H,2,5-7H2,1H3. The van der Waals surface area contributed by atoms with Crippen LogP contribution in [0.15, 0.2) is 22.8 Å². The molecule has 0 radical (unpaired) electrons. The Morgan fingerprint density at radius 1 is 1.38 bits per heavy atom. The molecular formula is C10H15BrN2. The van der Waals surface area contributed by atoms with Crippen molar-refractivity contribution in [2.24, 2.45) is 0 Å². The predicted octanol–water partition coefficient (Wildman–Crippen LogP) is 2.39. The minimum Gasteiger partial charge on any atom is -0.316 e. The van der Waals surface area contributed by atoms with E-state index < -0.39 is 0 Å². The molecule has 0 aliphatic rings. The van der Waals surface area contributed by atoms with Gasteiger partial charge in [-0.1, -0.05) is 6.92 Å². The van der Waals surface area contributed by atoms with E-state index in [1.165, 1.54) is 6.42 Å². The molecule has 0 aliphatic carbocycles. The Hall–Kier alpha value is -0.410. The van der Waals surface area contributed by atoms with Crippen LogP contribution in [0.2, 0.25) is 0 Å². The van der Waals surface area contributed by atoms with Crippen molar-refractivity contribution < 1.29 is 0 Å². The summed E-state index contributed by atoms with van der Waals surface area (Å²) < 4.78 is 1.04. The van der Waals surface area contributed by atoms with Crippen LogP contribution in [0.4, 0.5) is 0 Å². The van der Waals surface area contributed by atoms with Crippen LogP contribution in [-0.2, 0) is 6.42 Å². The molecule has 0 aromatic carbocycles. The van der Waals surface area contributed by atoms with Crippen LogP contribution >= 0.6 is 15.9 Å². The van der Waals surface area contributed by atoms with E-state index in [1.54, 1.807) is 0 Å². The summed E-state index contributed by atoms with van der Waals surface area (Å²) in [5.41, 5.74) is 1.15. The van der Waals surface area contributed by atoms with Crippen LogP contribution in [0.3, 0.4) is 0 Å². The lowest BCUT2D eigenvalue weighted by atomic mass is 10.3. The summed E-state index contributed by atoms with van der Waals surface area (Å²) in [4.78, 5) is 4.29. The summed E-state index contributed by atoms with van der Waals surface area (Å²) in [6.07, 6.45) is 4.04. The van der Waals surface area contributed by atoms with E-state index in [0.717, 1.165) is 29.7 Å². The Kier molecular flexibility index (Phi) is 5.01. The fourth-order valence-electron chi connectivity index (χ4n) is 1.07. The van der Waals surface area contributed by atoms with Crippen LogP contribution in [0.25, 0.3) is 0 Å². The fraction of sp³-hybridized carbons (Fsp3) is 0.500. The molecule has 3 heteroatoms. The molecule has 1 aromatic rings. The first-order valence-electron chi connectivity index (χ1n) is 4.64. The van der Waals surface area contributed by atoms with Crippen molar-refractivity contribution in [2.75, 3.05) is 13.1 Å². The molecule has 0 bridgehead atoms. The Morgan fingerprint density at radius 2 is 2.23 bits per heavy atom. The third kappa shape index (κ3) is 4.39. The summed E-state index contributed by atoms with van der Waals surface area (Å²) >= 11 is 3.36. The van der Waals surface area contributed by atoms with Gasteiger partial charge in [0.2, 0.25) is 0 Å². The monoisotopic (exact) mass is 242 g/mol. The van der Waals surface area contributed by atoms with Gasteiger partial charge in [-0.05, 0) is 41.0 Å². The third-order valence-corrected chi connectivity index (χ3v) is 2.24. The first-order valence-corrected chi connectivity index (χ1v) is 5.43. The molecule has 1 N–H and O–H groups in total. The Bertz CT molecular complexity index is 233. The van der Waals surface area contributed by atoms with Gasteiger partial charge in [-0.25, -0.2) is 0 Å². The zero-order valence-corrected chi connectivity index (χ0v) is 9.47. The number of halogens is 1. The predicted molar refractivity (Wildman–Crippen MR) is 58.8 cm³/mol. The van der Waals surface area contributed by atoms with Gasteiger partial charge in [0.1, 0.15) is 0 Å². The smallest absolute Gasteiger partial charge is 0.0417 e. The zero-order valence-electron chi connectivity index (χ0n) is 7.89. The van der Waals surface area contributed by atoms with Gasteiger partial charge in [-0.2, -0.15) is 0 Å². The third-order valence-electron chi connectivity index (χ3n) is 1.77. The molecule has 0 spiro atoms. The van der Waals surface area contributed by atoms with E-state index in [1.807, 2.05) is 12.3 Å². The molecule has 0 fully saturated rings. The van der Waals surface area contributed by atoms with Crippen molar-refractivity contribution in [3.8, 4) is 0 Å². The lowest BCUT2D eigenvalue weighted by Crippen LogP contribution is -2.18. The SMILES string of the molecule is CCCNCCc1ccc(Br)cn1. The van der Waals surface area contributed by atoms with Gasteiger partial charge in [0, 0.05) is 29.3 Å². The van der Waals surface area contributed by atoms with Crippen LogP contribution in [0, 0.1) is 0 Å². The maximum atomic E-state index is 4.29. The van der Waals surface area contributed by atoms with Gasteiger partial charge in [0.15, 0.2) is 0 Å². The van der Waals surface area contributed by atoms with E-state index >= 15 is 0 Å². The second-order valence-electron chi connectivity index (χ2n) is 2.97. The number of rotatable bonds is 5. The second-order valence-corrected chi connectivity index (χ2v) is 3.88. The number of hydrogen-bond acceptors (Lipinski definition) is 2. The summed E-state index contributed by atoms with van der Waals surface area (Å²) in [5.74, 6) is 0. The van der Waals surface area contributed by atoms with Crippen molar-refractivity contribution in [1.29, 1.82) is 0 Å². The normalized spacial score (nSPS) is 10.3. The molecule has 0 aliphatic heterocycles. The maximum Gasteiger partial charge on any atom is 0.0417 e. The van der Waals surface area contributed by atoms with Crippen LogP contribution in [0.1, 0.15) is 19.0 Å². The molecule has 2 nitrogen and oxygen atoms in total. The lowest BCUT2D eigenvalue weighted by molar-refractivity contribution is 0.665. The molecule has 0 unspecified atom stereocenters. The van der Waals surface area contributed by atoms with Crippen molar-refractivity contribution >= 4 is 15.9 Å². The number of hydrogen-bond donors (Lipinski definition) is 1. The average Bonchev–Trinajstić information content (AvgIpc) is 2.15.